The second kappa shape index (κ2) is 5.30. The van der Waals surface area contributed by atoms with Crippen LogP contribution in [0.1, 0.15) is 46.9 Å². The first-order valence-electron chi connectivity index (χ1n) is 8.29. The average molecular weight is 314 g/mol. The Bertz CT molecular complexity index is 788. The summed E-state index contributed by atoms with van der Waals surface area (Å²) in [6.45, 7) is 6.67. The zero-order chi connectivity index (χ0) is 16.1. The molecule has 0 radical (unpaired) electrons. The van der Waals surface area contributed by atoms with E-state index in [1.807, 2.05) is 20.8 Å². The number of rotatable bonds is 2. The average Bonchev–Trinajstić information content (AvgIpc) is 2.94. The molecular formula is C17H22N4O2. The maximum atomic E-state index is 12.3. The zero-order valence-electron chi connectivity index (χ0n) is 13.8. The fourth-order valence-electron chi connectivity index (χ4n) is 4.13. The summed E-state index contributed by atoms with van der Waals surface area (Å²) >= 11 is 0. The Balaban J connectivity index is 1.68. The molecule has 1 saturated heterocycles. The number of hydrogen-bond donors (Lipinski definition) is 1. The standard InChI is InChI=1S/C17H22N4O2/c1-9-15(10(2)23-20-9)8-21-12-4-5-13(21)7-16-14(6-12)17(22)19-11(3)18-16/h12-13H,4-8H2,1-3H3,(H,18,19,22). The van der Waals surface area contributed by atoms with Crippen LogP contribution < -0.4 is 5.56 Å². The van der Waals surface area contributed by atoms with Gasteiger partial charge in [-0.2, -0.15) is 0 Å². The number of nitrogens with zero attached hydrogens (tertiary/aromatic N) is 3. The van der Waals surface area contributed by atoms with Crippen molar-refractivity contribution in [2.45, 2.75) is 65.1 Å². The molecular weight excluding hydrogens is 292 g/mol. The van der Waals surface area contributed by atoms with Crippen LogP contribution in [0.3, 0.4) is 0 Å². The van der Waals surface area contributed by atoms with Crippen LogP contribution >= 0.6 is 0 Å². The highest BCUT2D eigenvalue weighted by Crippen LogP contribution is 2.34. The highest BCUT2D eigenvalue weighted by molar-refractivity contribution is 5.26. The first kappa shape index (κ1) is 14.6. The van der Waals surface area contributed by atoms with E-state index in [1.165, 1.54) is 12.0 Å². The van der Waals surface area contributed by atoms with Gasteiger partial charge < -0.3 is 9.51 Å². The summed E-state index contributed by atoms with van der Waals surface area (Å²) in [5, 5.41) is 4.07. The van der Waals surface area contributed by atoms with Gasteiger partial charge in [-0.25, -0.2) is 4.98 Å². The largest absolute Gasteiger partial charge is 0.361 e. The van der Waals surface area contributed by atoms with Crippen LogP contribution in [0.15, 0.2) is 9.32 Å². The van der Waals surface area contributed by atoms with Crippen LogP contribution in [0, 0.1) is 20.8 Å². The minimum atomic E-state index is 0.0392. The van der Waals surface area contributed by atoms with E-state index in [0.29, 0.717) is 17.9 Å². The van der Waals surface area contributed by atoms with Gasteiger partial charge in [-0.1, -0.05) is 5.16 Å². The van der Waals surface area contributed by atoms with E-state index in [1.54, 1.807) is 0 Å². The fraction of sp³-hybridized carbons (Fsp3) is 0.588. The van der Waals surface area contributed by atoms with Gasteiger partial charge in [0, 0.05) is 36.2 Å². The van der Waals surface area contributed by atoms with E-state index in [2.05, 4.69) is 20.0 Å². The van der Waals surface area contributed by atoms with Crippen molar-refractivity contribution in [1.29, 1.82) is 0 Å². The molecule has 2 aliphatic rings. The van der Waals surface area contributed by atoms with Crippen molar-refractivity contribution in [2.24, 2.45) is 0 Å². The highest BCUT2D eigenvalue weighted by Gasteiger charge is 2.38. The minimum absolute atomic E-state index is 0.0392. The molecule has 0 aromatic carbocycles. The molecule has 2 atom stereocenters. The van der Waals surface area contributed by atoms with Crippen LogP contribution in [0.2, 0.25) is 0 Å². The van der Waals surface area contributed by atoms with Gasteiger partial charge in [0.2, 0.25) is 0 Å². The number of aromatic nitrogens is 3. The Labute approximate surface area is 134 Å². The van der Waals surface area contributed by atoms with E-state index in [0.717, 1.165) is 48.5 Å². The van der Waals surface area contributed by atoms with Crippen molar-refractivity contribution in [3.05, 3.63) is 44.5 Å². The van der Waals surface area contributed by atoms with Gasteiger partial charge in [0.25, 0.3) is 5.56 Å². The number of hydrogen-bond acceptors (Lipinski definition) is 5. The van der Waals surface area contributed by atoms with Gasteiger partial charge in [-0.3, -0.25) is 9.69 Å². The molecule has 0 saturated carbocycles. The zero-order valence-corrected chi connectivity index (χ0v) is 13.8. The molecule has 0 aliphatic carbocycles. The van der Waals surface area contributed by atoms with Crippen LogP contribution in [0.25, 0.3) is 0 Å². The number of aromatic amines is 1. The maximum Gasteiger partial charge on any atom is 0.254 e. The molecule has 2 bridgehead atoms. The summed E-state index contributed by atoms with van der Waals surface area (Å²) in [7, 11) is 0. The number of H-pyrrole nitrogens is 1. The van der Waals surface area contributed by atoms with Crippen molar-refractivity contribution in [1.82, 2.24) is 20.0 Å². The van der Waals surface area contributed by atoms with Crippen LogP contribution in [0.4, 0.5) is 0 Å². The first-order valence-corrected chi connectivity index (χ1v) is 8.29. The minimum Gasteiger partial charge on any atom is -0.361 e. The second-order valence-corrected chi connectivity index (χ2v) is 6.84. The summed E-state index contributed by atoms with van der Waals surface area (Å²) in [6, 6.07) is 0.851. The lowest BCUT2D eigenvalue weighted by molar-refractivity contribution is 0.186. The van der Waals surface area contributed by atoms with Crippen molar-refractivity contribution < 1.29 is 4.52 Å². The van der Waals surface area contributed by atoms with Gasteiger partial charge >= 0.3 is 0 Å². The third-order valence-corrected chi connectivity index (χ3v) is 5.38. The molecule has 4 rings (SSSR count). The molecule has 2 aromatic heterocycles. The van der Waals surface area contributed by atoms with E-state index in [9.17, 15) is 4.79 Å². The van der Waals surface area contributed by atoms with Gasteiger partial charge in [0.1, 0.15) is 11.6 Å². The van der Waals surface area contributed by atoms with Gasteiger partial charge in [0.15, 0.2) is 0 Å². The van der Waals surface area contributed by atoms with Crippen molar-refractivity contribution in [3.8, 4) is 0 Å². The Hall–Kier alpha value is -1.95. The molecule has 1 N–H and O–H groups in total. The molecule has 6 heteroatoms. The summed E-state index contributed by atoms with van der Waals surface area (Å²) in [6.07, 6.45) is 3.96. The molecule has 23 heavy (non-hydrogen) atoms. The van der Waals surface area contributed by atoms with Gasteiger partial charge in [-0.05, 0) is 40.0 Å². The predicted molar refractivity (Wildman–Crippen MR) is 85.3 cm³/mol. The Morgan fingerprint density at radius 1 is 1.22 bits per heavy atom. The Morgan fingerprint density at radius 2 is 1.96 bits per heavy atom. The first-order chi connectivity index (χ1) is 11.0. The maximum absolute atomic E-state index is 12.3. The fourth-order valence-corrected chi connectivity index (χ4v) is 4.13. The molecule has 2 aromatic rings. The van der Waals surface area contributed by atoms with E-state index in [4.69, 9.17) is 4.52 Å². The summed E-state index contributed by atoms with van der Waals surface area (Å²) < 4.78 is 5.31. The molecule has 0 amide bonds. The number of fused-ring (bicyclic) bond motifs is 3. The molecule has 2 aliphatic heterocycles. The lowest BCUT2D eigenvalue weighted by Crippen LogP contribution is -2.36. The number of aryl methyl sites for hydroxylation is 3. The number of nitrogens with one attached hydrogen (secondary N) is 1. The molecule has 1 fully saturated rings. The monoisotopic (exact) mass is 314 g/mol. The van der Waals surface area contributed by atoms with Gasteiger partial charge in [-0.15, -0.1) is 0 Å². The summed E-state index contributed by atoms with van der Waals surface area (Å²) in [5.74, 6) is 1.61. The summed E-state index contributed by atoms with van der Waals surface area (Å²) in [5.41, 5.74) is 4.06. The van der Waals surface area contributed by atoms with Crippen LogP contribution in [-0.4, -0.2) is 32.1 Å². The van der Waals surface area contributed by atoms with Crippen molar-refractivity contribution in [2.75, 3.05) is 0 Å². The topological polar surface area (TPSA) is 75.0 Å². The van der Waals surface area contributed by atoms with E-state index >= 15 is 0 Å². The summed E-state index contributed by atoms with van der Waals surface area (Å²) in [4.78, 5) is 22.3. The third kappa shape index (κ3) is 2.41. The lowest BCUT2D eigenvalue weighted by atomic mass is 9.98. The predicted octanol–water partition coefficient (Wildman–Crippen LogP) is 1.81. The normalized spacial score (nSPS) is 23.8. The van der Waals surface area contributed by atoms with Crippen molar-refractivity contribution in [3.63, 3.8) is 0 Å². The van der Waals surface area contributed by atoms with Crippen LogP contribution in [0.5, 0.6) is 0 Å². The Morgan fingerprint density at radius 3 is 2.65 bits per heavy atom. The van der Waals surface area contributed by atoms with E-state index < -0.39 is 0 Å². The van der Waals surface area contributed by atoms with Crippen LogP contribution in [-0.2, 0) is 19.4 Å². The van der Waals surface area contributed by atoms with Gasteiger partial charge in [0.05, 0.1) is 11.4 Å². The molecule has 6 nitrogen and oxygen atoms in total. The molecule has 4 heterocycles. The lowest BCUT2D eigenvalue weighted by Gasteiger charge is -2.27. The molecule has 0 spiro atoms. The smallest absolute Gasteiger partial charge is 0.254 e. The van der Waals surface area contributed by atoms with E-state index in [-0.39, 0.29) is 5.56 Å². The molecule has 122 valence electrons. The quantitative estimate of drug-likeness (QED) is 0.915. The van der Waals surface area contributed by atoms with Crippen molar-refractivity contribution >= 4 is 0 Å². The second-order valence-electron chi connectivity index (χ2n) is 6.84. The molecule has 2 unspecified atom stereocenters. The Kier molecular flexibility index (Phi) is 3.37. The third-order valence-electron chi connectivity index (χ3n) is 5.38. The SMILES string of the molecule is Cc1nc2c(c(=O)[nH]1)CC1CCC(C2)N1Cc1c(C)noc1C. The highest BCUT2D eigenvalue weighted by atomic mass is 16.5.